The van der Waals surface area contributed by atoms with Crippen molar-refractivity contribution in [2.24, 2.45) is 0 Å². The largest absolute Gasteiger partial charge is 0.497 e. The zero-order chi connectivity index (χ0) is 15.2. The van der Waals surface area contributed by atoms with Crippen molar-refractivity contribution in [3.8, 4) is 5.75 Å². The molecule has 0 saturated heterocycles. The lowest BCUT2D eigenvalue weighted by molar-refractivity contribution is -0.137. The SMILES string of the molecule is COc1cccc(CNC(=O)c2cn(CC(=O)O)nn2)c1. The topological polar surface area (TPSA) is 106 Å². The van der Waals surface area contributed by atoms with Gasteiger partial charge in [-0.3, -0.25) is 9.59 Å². The monoisotopic (exact) mass is 290 g/mol. The Balaban J connectivity index is 1.94. The summed E-state index contributed by atoms with van der Waals surface area (Å²) in [5.41, 5.74) is 0.944. The molecule has 0 radical (unpaired) electrons. The number of hydrogen-bond acceptors (Lipinski definition) is 5. The van der Waals surface area contributed by atoms with Crippen LogP contribution in [0.5, 0.6) is 5.75 Å². The molecule has 2 rings (SSSR count). The molecule has 0 saturated carbocycles. The summed E-state index contributed by atoms with van der Waals surface area (Å²) in [6, 6.07) is 7.29. The van der Waals surface area contributed by atoms with Crippen LogP contribution in [-0.4, -0.2) is 39.1 Å². The quantitative estimate of drug-likeness (QED) is 0.792. The highest BCUT2D eigenvalue weighted by atomic mass is 16.5. The van der Waals surface area contributed by atoms with E-state index in [1.54, 1.807) is 7.11 Å². The van der Waals surface area contributed by atoms with Crippen LogP contribution in [0.25, 0.3) is 0 Å². The van der Waals surface area contributed by atoms with Crippen molar-refractivity contribution >= 4 is 11.9 Å². The standard InChI is InChI=1S/C13H14N4O4/c1-21-10-4-2-3-9(5-10)6-14-13(20)11-7-17(16-15-11)8-12(18)19/h2-5,7H,6,8H2,1H3,(H,14,20)(H,18,19). The molecule has 0 spiro atoms. The number of aliphatic carboxylic acids is 1. The van der Waals surface area contributed by atoms with Crippen molar-refractivity contribution in [3.63, 3.8) is 0 Å². The zero-order valence-corrected chi connectivity index (χ0v) is 11.3. The van der Waals surface area contributed by atoms with E-state index in [0.717, 1.165) is 10.2 Å². The number of amides is 1. The molecule has 110 valence electrons. The molecule has 8 heteroatoms. The number of nitrogens with one attached hydrogen (secondary N) is 1. The Morgan fingerprint density at radius 2 is 2.24 bits per heavy atom. The van der Waals surface area contributed by atoms with E-state index < -0.39 is 11.9 Å². The van der Waals surface area contributed by atoms with Crippen molar-refractivity contribution in [3.05, 3.63) is 41.7 Å². The average molecular weight is 290 g/mol. The number of nitrogens with zero attached hydrogens (tertiary/aromatic N) is 3. The number of carbonyl (C=O) groups excluding carboxylic acids is 1. The van der Waals surface area contributed by atoms with Crippen LogP contribution >= 0.6 is 0 Å². The molecule has 0 fully saturated rings. The van der Waals surface area contributed by atoms with E-state index in [1.807, 2.05) is 24.3 Å². The molecule has 2 N–H and O–H groups in total. The van der Waals surface area contributed by atoms with Crippen LogP contribution in [0.2, 0.25) is 0 Å². The molecule has 0 atom stereocenters. The zero-order valence-electron chi connectivity index (χ0n) is 11.3. The van der Waals surface area contributed by atoms with Crippen molar-refractivity contribution in [2.45, 2.75) is 13.1 Å². The van der Waals surface area contributed by atoms with Crippen LogP contribution in [0.1, 0.15) is 16.1 Å². The van der Waals surface area contributed by atoms with E-state index in [0.29, 0.717) is 12.3 Å². The van der Waals surface area contributed by atoms with Crippen LogP contribution < -0.4 is 10.1 Å². The Kier molecular flexibility index (Phi) is 4.50. The number of carboxylic acid groups (broad SMARTS) is 1. The summed E-state index contributed by atoms with van der Waals surface area (Å²) in [5, 5.41) is 18.5. The van der Waals surface area contributed by atoms with E-state index in [2.05, 4.69) is 15.6 Å². The maximum absolute atomic E-state index is 11.9. The van der Waals surface area contributed by atoms with Gasteiger partial charge >= 0.3 is 5.97 Å². The van der Waals surface area contributed by atoms with Gasteiger partial charge in [0.25, 0.3) is 5.91 Å². The van der Waals surface area contributed by atoms with Gasteiger partial charge < -0.3 is 15.2 Å². The van der Waals surface area contributed by atoms with Crippen LogP contribution in [0.15, 0.2) is 30.5 Å². The fourth-order valence-electron chi connectivity index (χ4n) is 1.67. The lowest BCUT2D eigenvalue weighted by atomic mass is 10.2. The van der Waals surface area contributed by atoms with Gasteiger partial charge in [0.1, 0.15) is 12.3 Å². The molecule has 1 heterocycles. The number of ether oxygens (including phenoxy) is 1. The van der Waals surface area contributed by atoms with Gasteiger partial charge in [-0.15, -0.1) is 5.10 Å². The van der Waals surface area contributed by atoms with E-state index in [4.69, 9.17) is 9.84 Å². The van der Waals surface area contributed by atoms with Crippen LogP contribution in [0.4, 0.5) is 0 Å². The minimum absolute atomic E-state index is 0.0687. The van der Waals surface area contributed by atoms with Crippen LogP contribution in [-0.2, 0) is 17.9 Å². The predicted molar refractivity (Wildman–Crippen MR) is 71.8 cm³/mol. The lowest BCUT2D eigenvalue weighted by Crippen LogP contribution is -2.23. The van der Waals surface area contributed by atoms with Gasteiger partial charge in [0.15, 0.2) is 5.69 Å². The first-order valence-corrected chi connectivity index (χ1v) is 6.11. The number of aromatic nitrogens is 3. The van der Waals surface area contributed by atoms with Gasteiger partial charge in [-0.05, 0) is 17.7 Å². The maximum atomic E-state index is 11.9. The smallest absolute Gasteiger partial charge is 0.325 e. The summed E-state index contributed by atoms with van der Waals surface area (Å²) in [7, 11) is 1.57. The van der Waals surface area contributed by atoms with E-state index >= 15 is 0 Å². The Morgan fingerprint density at radius 3 is 2.95 bits per heavy atom. The number of carboxylic acids is 1. The fraction of sp³-hybridized carbons (Fsp3) is 0.231. The van der Waals surface area contributed by atoms with Crippen molar-refractivity contribution in [1.82, 2.24) is 20.3 Å². The summed E-state index contributed by atoms with van der Waals surface area (Å²) >= 11 is 0. The van der Waals surface area contributed by atoms with Crippen LogP contribution in [0, 0.1) is 0 Å². The van der Waals surface area contributed by atoms with Gasteiger partial charge in [0.2, 0.25) is 0 Å². The molecular formula is C13H14N4O4. The number of carbonyl (C=O) groups is 2. The minimum Gasteiger partial charge on any atom is -0.497 e. The Bertz CT molecular complexity index is 653. The van der Waals surface area contributed by atoms with E-state index in [1.165, 1.54) is 6.20 Å². The number of hydrogen-bond donors (Lipinski definition) is 2. The van der Waals surface area contributed by atoms with Crippen molar-refractivity contribution in [2.75, 3.05) is 7.11 Å². The molecule has 1 aromatic heterocycles. The number of rotatable bonds is 6. The maximum Gasteiger partial charge on any atom is 0.325 e. The average Bonchev–Trinajstić information content (AvgIpc) is 2.92. The fourth-order valence-corrected chi connectivity index (χ4v) is 1.67. The van der Waals surface area contributed by atoms with E-state index in [9.17, 15) is 9.59 Å². The summed E-state index contributed by atoms with van der Waals surface area (Å²) < 4.78 is 6.18. The Labute approximate surface area is 120 Å². The molecule has 2 aromatic rings. The van der Waals surface area contributed by atoms with Gasteiger partial charge in [-0.1, -0.05) is 17.3 Å². The van der Waals surface area contributed by atoms with E-state index in [-0.39, 0.29) is 12.2 Å². The number of benzene rings is 1. The molecule has 0 aliphatic rings. The number of methoxy groups -OCH3 is 1. The summed E-state index contributed by atoms with van der Waals surface area (Å²) in [4.78, 5) is 22.4. The molecule has 8 nitrogen and oxygen atoms in total. The van der Waals surface area contributed by atoms with Crippen molar-refractivity contribution in [1.29, 1.82) is 0 Å². The molecule has 0 aliphatic carbocycles. The second-order valence-corrected chi connectivity index (χ2v) is 4.23. The first kappa shape index (κ1) is 14.5. The Hall–Kier alpha value is -2.90. The lowest BCUT2D eigenvalue weighted by Gasteiger charge is -2.05. The highest BCUT2D eigenvalue weighted by Crippen LogP contribution is 2.12. The van der Waals surface area contributed by atoms with Gasteiger partial charge in [0, 0.05) is 6.54 Å². The third-order valence-electron chi connectivity index (χ3n) is 2.66. The van der Waals surface area contributed by atoms with Gasteiger partial charge in [0.05, 0.1) is 13.3 Å². The highest BCUT2D eigenvalue weighted by Gasteiger charge is 2.11. The van der Waals surface area contributed by atoms with Crippen molar-refractivity contribution < 1.29 is 19.4 Å². The molecule has 1 aromatic carbocycles. The third-order valence-corrected chi connectivity index (χ3v) is 2.66. The normalized spacial score (nSPS) is 10.1. The minimum atomic E-state index is -1.05. The first-order valence-electron chi connectivity index (χ1n) is 6.11. The second kappa shape index (κ2) is 6.51. The molecule has 1 amide bonds. The van der Waals surface area contributed by atoms with Gasteiger partial charge in [-0.2, -0.15) is 0 Å². The Morgan fingerprint density at radius 1 is 1.43 bits per heavy atom. The van der Waals surface area contributed by atoms with Crippen LogP contribution in [0.3, 0.4) is 0 Å². The highest BCUT2D eigenvalue weighted by molar-refractivity contribution is 5.91. The first-order chi connectivity index (χ1) is 10.1. The molecule has 21 heavy (non-hydrogen) atoms. The third kappa shape index (κ3) is 4.03. The predicted octanol–water partition coefficient (Wildman–Crippen LogP) is 0.301. The van der Waals surface area contributed by atoms with Gasteiger partial charge in [-0.25, -0.2) is 4.68 Å². The summed E-state index contributed by atoms with van der Waals surface area (Å²) in [6.45, 7) is -0.0298. The molecule has 0 bridgehead atoms. The second-order valence-electron chi connectivity index (χ2n) is 4.23. The molecular weight excluding hydrogens is 276 g/mol. The summed E-state index contributed by atoms with van der Waals surface area (Å²) in [5.74, 6) is -0.771. The molecule has 0 unspecified atom stereocenters. The molecule has 0 aliphatic heterocycles. The summed E-state index contributed by atoms with van der Waals surface area (Å²) in [6.07, 6.45) is 1.29.